The van der Waals surface area contributed by atoms with E-state index < -0.39 is 21.8 Å². The van der Waals surface area contributed by atoms with Gasteiger partial charge in [0.1, 0.15) is 10.7 Å². The molecule has 0 radical (unpaired) electrons. The van der Waals surface area contributed by atoms with Crippen LogP contribution in [0.4, 0.5) is 10.1 Å². The van der Waals surface area contributed by atoms with E-state index in [9.17, 15) is 22.7 Å². The van der Waals surface area contributed by atoms with Gasteiger partial charge in [0.2, 0.25) is 0 Å². The molecule has 0 aromatic heterocycles. The smallest absolute Gasteiger partial charge is 0.338 e. The number of hydrogen-bond acceptors (Lipinski definition) is 5. The molecule has 0 atom stereocenters. The third-order valence-corrected chi connectivity index (χ3v) is 8.33. The summed E-state index contributed by atoms with van der Waals surface area (Å²) in [5.41, 5.74) is 1.69. The Hall–Kier alpha value is -2.10. The molecule has 9 heteroatoms. The van der Waals surface area contributed by atoms with Crippen LogP contribution in [-0.2, 0) is 22.9 Å². The lowest BCUT2D eigenvalue weighted by Crippen LogP contribution is -2.25. The minimum Gasteiger partial charge on any atom is -0.478 e. The number of anilines is 1. The molecular weight excluding hydrogens is 451 g/mol. The Kier molecular flexibility index (Phi) is 8.19. The molecule has 0 fully saturated rings. The summed E-state index contributed by atoms with van der Waals surface area (Å²) in [5, 5.41) is 9.80. The van der Waals surface area contributed by atoms with Crippen LogP contribution < -0.4 is 4.72 Å². The van der Waals surface area contributed by atoms with Crippen molar-refractivity contribution in [2.45, 2.75) is 49.3 Å². The second kappa shape index (κ2) is 10.7. The molecule has 0 saturated heterocycles. The van der Waals surface area contributed by atoms with E-state index >= 15 is 0 Å². The number of sulfonamides is 1. The summed E-state index contributed by atoms with van der Waals surface area (Å²) in [6.45, 7) is 6.60. The van der Waals surface area contributed by atoms with Gasteiger partial charge in [0.15, 0.2) is 0 Å². The number of aryl methyl sites for hydroxylation is 1. The van der Waals surface area contributed by atoms with Crippen LogP contribution in [0, 0.1) is 5.82 Å². The monoisotopic (exact) mass is 480 g/mol. The number of benzene rings is 2. The predicted octanol–water partition coefficient (Wildman–Crippen LogP) is 4.64. The molecule has 2 N–H and O–H groups in total. The van der Waals surface area contributed by atoms with Gasteiger partial charge in [-0.25, -0.2) is 17.6 Å². The second-order valence-corrected chi connectivity index (χ2v) is 10.5. The van der Waals surface area contributed by atoms with Crippen molar-refractivity contribution in [2.75, 3.05) is 30.1 Å². The van der Waals surface area contributed by atoms with E-state index in [1.54, 1.807) is 6.07 Å². The number of thioether (sulfide) groups is 1. The Labute approximate surface area is 193 Å². The fourth-order valence-electron chi connectivity index (χ4n) is 4.00. The third kappa shape index (κ3) is 5.63. The van der Waals surface area contributed by atoms with Gasteiger partial charge in [-0.2, -0.15) is 0 Å². The van der Waals surface area contributed by atoms with Gasteiger partial charge in [0, 0.05) is 17.2 Å². The Morgan fingerprint density at radius 1 is 1.16 bits per heavy atom. The highest BCUT2D eigenvalue weighted by molar-refractivity contribution is 8.00. The highest BCUT2D eigenvalue weighted by atomic mass is 32.2. The van der Waals surface area contributed by atoms with E-state index in [1.807, 2.05) is 0 Å². The molecule has 6 nitrogen and oxygen atoms in total. The van der Waals surface area contributed by atoms with Crippen molar-refractivity contribution in [3.63, 3.8) is 0 Å². The number of carboxylic acids is 1. The van der Waals surface area contributed by atoms with Gasteiger partial charge in [0.05, 0.1) is 11.3 Å². The van der Waals surface area contributed by atoms with E-state index in [4.69, 9.17) is 0 Å². The zero-order valence-electron chi connectivity index (χ0n) is 18.4. The van der Waals surface area contributed by atoms with Crippen LogP contribution in [0.25, 0.3) is 0 Å². The van der Waals surface area contributed by atoms with Crippen molar-refractivity contribution in [3.8, 4) is 0 Å². The molecule has 0 saturated carbocycles. The third-order valence-electron chi connectivity index (χ3n) is 5.75. The maximum absolute atomic E-state index is 13.9. The number of aromatic carboxylic acids is 1. The molecule has 0 heterocycles. The van der Waals surface area contributed by atoms with Crippen LogP contribution in [0.2, 0.25) is 0 Å². The van der Waals surface area contributed by atoms with Crippen LogP contribution in [0.1, 0.15) is 48.2 Å². The first-order chi connectivity index (χ1) is 15.3. The molecule has 2 aromatic rings. The zero-order chi connectivity index (χ0) is 23.3. The molecular formula is C23H29FN2O4S2. The minimum atomic E-state index is -4.12. The number of nitrogens with zero attached hydrogens (tertiary/aromatic N) is 1. The molecule has 1 aliphatic rings. The van der Waals surface area contributed by atoms with Crippen molar-refractivity contribution >= 4 is 33.4 Å². The molecule has 0 spiro atoms. The molecule has 2 aromatic carbocycles. The quantitative estimate of drug-likeness (QED) is 0.482. The Morgan fingerprint density at radius 2 is 1.88 bits per heavy atom. The Balaban J connectivity index is 1.91. The standard InChI is InChI=1S/C23H29FN2O4S2/c1-3-26(4-2)13-14-31-20-15-17(24)10-12-21(20)32(29,30)25-19-11-9-16-7-5-6-8-18(16)22(19)23(27)28/h9-12,15,25H,3-8,13-14H2,1-2H3,(H,27,28). The number of carbonyl (C=O) groups is 1. The molecule has 32 heavy (non-hydrogen) atoms. The highest BCUT2D eigenvalue weighted by Crippen LogP contribution is 2.33. The largest absolute Gasteiger partial charge is 0.478 e. The predicted molar refractivity (Wildman–Crippen MR) is 126 cm³/mol. The second-order valence-electron chi connectivity index (χ2n) is 7.71. The average Bonchev–Trinajstić information content (AvgIpc) is 2.76. The number of nitrogens with one attached hydrogen (secondary N) is 1. The lowest BCUT2D eigenvalue weighted by molar-refractivity contribution is 0.0696. The molecule has 0 bridgehead atoms. The van der Waals surface area contributed by atoms with Crippen LogP contribution in [0.15, 0.2) is 40.1 Å². The molecule has 0 aliphatic heterocycles. The maximum atomic E-state index is 13.9. The van der Waals surface area contributed by atoms with Crippen molar-refractivity contribution in [1.82, 2.24) is 4.90 Å². The van der Waals surface area contributed by atoms with Crippen molar-refractivity contribution in [1.29, 1.82) is 0 Å². The van der Waals surface area contributed by atoms with Crippen LogP contribution >= 0.6 is 11.8 Å². The molecule has 174 valence electrons. The van der Waals surface area contributed by atoms with Crippen molar-refractivity contribution < 1.29 is 22.7 Å². The van der Waals surface area contributed by atoms with Crippen molar-refractivity contribution in [3.05, 3.63) is 52.8 Å². The van der Waals surface area contributed by atoms with Gasteiger partial charge in [-0.1, -0.05) is 19.9 Å². The topological polar surface area (TPSA) is 86.7 Å². The van der Waals surface area contributed by atoms with Gasteiger partial charge >= 0.3 is 5.97 Å². The van der Waals surface area contributed by atoms with Gasteiger partial charge in [-0.3, -0.25) is 4.72 Å². The average molecular weight is 481 g/mol. The molecule has 0 unspecified atom stereocenters. The Bertz CT molecular complexity index is 1090. The number of carboxylic acid groups (broad SMARTS) is 1. The lowest BCUT2D eigenvalue weighted by Gasteiger charge is -2.21. The SMILES string of the molecule is CCN(CC)CCSc1cc(F)ccc1S(=O)(=O)Nc1ccc2c(c1C(=O)O)CCCC2. The fourth-order valence-corrected chi connectivity index (χ4v) is 6.62. The maximum Gasteiger partial charge on any atom is 0.338 e. The molecule has 3 rings (SSSR count). The van der Waals surface area contributed by atoms with Gasteiger partial charge in [-0.15, -0.1) is 11.8 Å². The normalized spacial score (nSPS) is 13.8. The summed E-state index contributed by atoms with van der Waals surface area (Å²) in [5.74, 6) is -1.07. The summed E-state index contributed by atoms with van der Waals surface area (Å²) in [7, 11) is -4.12. The first kappa shape index (κ1) is 24.5. The summed E-state index contributed by atoms with van der Waals surface area (Å²) in [4.78, 5) is 14.4. The van der Waals surface area contributed by atoms with Crippen LogP contribution in [0.3, 0.4) is 0 Å². The molecule has 0 amide bonds. The van der Waals surface area contributed by atoms with Crippen LogP contribution in [0.5, 0.6) is 0 Å². The number of halogens is 1. The lowest BCUT2D eigenvalue weighted by atomic mass is 9.87. The summed E-state index contributed by atoms with van der Waals surface area (Å²) in [6.07, 6.45) is 3.25. The number of hydrogen-bond donors (Lipinski definition) is 2. The van der Waals surface area contributed by atoms with Gasteiger partial charge < -0.3 is 10.0 Å². The van der Waals surface area contributed by atoms with Gasteiger partial charge in [0.25, 0.3) is 10.0 Å². The highest BCUT2D eigenvalue weighted by Gasteiger charge is 2.26. The van der Waals surface area contributed by atoms with E-state index in [-0.39, 0.29) is 16.1 Å². The summed E-state index contributed by atoms with van der Waals surface area (Å²) >= 11 is 1.27. The summed E-state index contributed by atoms with van der Waals surface area (Å²) < 4.78 is 42.9. The number of rotatable bonds is 10. The Morgan fingerprint density at radius 3 is 2.56 bits per heavy atom. The first-order valence-corrected chi connectivity index (χ1v) is 13.3. The van der Waals surface area contributed by atoms with E-state index in [2.05, 4.69) is 23.5 Å². The first-order valence-electron chi connectivity index (χ1n) is 10.8. The van der Waals surface area contributed by atoms with E-state index in [0.29, 0.717) is 22.6 Å². The zero-order valence-corrected chi connectivity index (χ0v) is 20.0. The molecule has 1 aliphatic carbocycles. The van der Waals surface area contributed by atoms with Crippen molar-refractivity contribution in [2.24, 2.45) is 0 Å². The van der Waals surface area contributed by atoms with E-state index in [1.165, 1.54) is 30.0 Å². The number of fused-ring (bicyclic) bond motifs is 1. The van der Waals surface area contributed by atoms with Gasteiger partial charge in [-0.05, 0) is 74.2 Å². The summed E-state index contributed by atoms with van der Waals surface area (Å²) in [6, 6.07) is 6.86. The van der Waals surface area contributed by atoms with E-state index in [0.717, 1.165) is 50.5 Å². The fraction of sp³-hybridized carbons (Fsp3) is 0.435. The van der Waals surface area contributed by atoms with Crippen LogP contribution in [-0.4, -0.2) is 49.8 Å². The minimum absolute atomic E-state index is 0.00335.